The predicted octanol–water partition coefficient (Wildman–Crippen LogP) is 2.14. The summed E-state index contributed by atoms with van der Waals surface area (Å²) in [6.45, 7) is 4.92. The Morgan fingerprint density at radius 2 is 1.30 bits per heavy atom. The molecule has 0 aliphatic rings. The number of aliphatic carboxylic acids is 2. The fourth-order valence-corrected chi connectivity index (χ4v) is 1.76. The van der Waals surface area contributed by atoms with E-state index in [9.17, 15) is 14.4 Å². The number of hydrogen-bond acceptors (Lipinski definition) is 9. The van der Waals surface area contributed by atoms with Gasteiger partial charge in [-0.3, -0.25) is 0 Å². The molecular weight excluding hydrogens is 462 g/mol. The maximum absolute atomic E-state index is 10.2. The fourth-order valence-electron chi connectivity index (χ4n) is 1.70. The zero-order chi connectivity index (χ0) is 25.2. The van der Waals surface area contributed by atoms with Gasteiger partial charge in [-0.25, -0.2) is 14.4 Å². The lowest BCUT2D eigenvalue weighted by atomic mass is 10.2. The number of carboxylic acid groups (broad SMARTS) is 2. The maximum atomic E-state index is 10.2. The Bertz CT molecular complexity index is 578. The van der Waals surface area contributed by atoms with Crippen LogP contribution in [-0.2, 0) is 39.9 Å². The normalized spacial score (nSPS) is 9.67. The van der Waals surface area contributed by atoms with Crippen molar-refractivity contribution >= 4 is 29.0 Å². The van der Waals surface area contributed by atoms with E-state index in [4.69, 9.17) is 41.8 Å². The number of carbonyl (C=O) groups excluding carboxylic acids is 1. The van der Waals surface area contributed by atoms with Crippen molar-refractivity contribution in [3.8, 4) is 0 Å². The molecule has 0 bridgehead atoms. The lowest BCUT2D eigenvalue weighted by molar-refractivity contribution is -0.143. The van der Waals surface area contributed by atoms with Crippen LogP contribution in [-0.4, -0.2) is 87.0 Å². The molecule has 0 heterocycles. The van der Waals surface area contributed by atoms with E-state index in [0.29, 0.717) is 46.2 Å². The predicted molar refractivity (Wildman–Crippen MR) is 120 cm³/mol. The first-order valence-electron chi connectivity index (χ1n) is 10.1. The molecule has 0 aliphatic heterocycles. The van der Waals surface area contributed by atoms with E-state index in [2.05, 4.69) is 9.47 Å². The first kappa shape index (κ1) is 32.9. The zero-order valence-corrected chi connectivity index (χ0v) is 19.5. The van der Waals surface area contributed by atoms with E-state index in [1.165, 1.54) is 0 Å². The Labute approximate surface area is 198 Å². The van der Waals surface area contributed by atoms with Gasteiger partial charge < -0.3 is 39.6 Å². The van der Waals surface area contributed by atoms with Crippen LogP contribution in [0.2, 0.25) is 0 Å². The molecular formula is C21H34ClNO10. The average Bonchev–Trinajstić information content (AvgIpc) is 2.78. The van der Waals surface area contributed by atoms with Gasteiger partial charge in [-0.05, 0) is 12.0 Å². The van der Waals surface area contributed by atoms with E-state index < -0.39 is 17.4 Å². The zero-order valence-electron chi connectivity index (χ0n) is 18.8. The van der Waals surface area contributed by atoms with Gasteiger partial charge >= 0.3 is 17.4 Å². The summed E-state index contributed by atoms with van der Waals surface area (Å²) in [5.41, 5.74) is 5.29. The summed E-state index contributed by atoms with van der Waals surface area (Å²) in [4.78, 5) is 30.0. The summed E-state index contributed by atoms with van der Waals surface area (Å²) < 4.78 is 23.9. The average molecular weight is 496 g/mol. The molecule has 4 N–H and O–H groups in total. The first-order chi connectivity index (χ1) is 15.8. The number of carbonyl (C=O) groups is 3. The fraction of sp³-hybridized carbons (Fsp3) is 0.571. The SMILES string of the molecule is CCCOCCOCC(=O)O.NCCOCCOCC(=O)O.O=C(Cl)OCc1ccccc1. The van der Waals surface area contributed by atoms with Crippen LogP contribution >= 0.6 is 11.6 Å². The van der Waals surface area contributed by atoms with Gasteiger partial charge in [0.2, 0.25) is 0 Å². The Balaban J connectivity index is 0. The molecule has 0 saturated carbocycles. The van der Waals surface area contributed by atoms with Crippen molar-refractivity contribution < 1.29 is 48.3 Å². The van der Waals surface area contributed by atoms with Gasteiger partial charge in [0.1, 0.15) is 19.8 Å². The van der Waals surface area contributed by atoms with Crippen LogP contribution in [0, 0.1) is 0 Å². The molecule has 0 aliphatic carbocycles. The van der Waals surface area contributed by atoms with E-state index in [1.54, 1.807) is 0 Å². The second kappa shape index (κ2) is 26.0. The second-order valence-electron chi connectivity index (χ2n) is 5.92. The van der Waals surface area contributed by atoms with E-state index in [-0.39, 0.29) is 19.8 Å². The van der Waals surface area contributed by atoms with Crippen molar-refractivity contribution in [2.24, 2.45) is 5.73 Å². The number of benzene rings is 1. The highest BCUT2D eigenvalue weighted by Gasteiger charge is 1.96. The molecule has 1 aromatic rings. The first-order valence-corrected chi connectivity index (χ1v) is 10.5. The van der Waals surface area contributed by atoms with Crippen molar-refractivity contribution in [3.05, 3.63) is 35.9 Å². The monoisotopic (exact) mass is 495 g/mol. The minimum Gasteiger partial charge on any atom is -0.480 e. The highest BCUT2D eigenvalue weighted by molar-refractivity contribution is 6.61. The number of ether oxygens (including phenoxy) is 5. The van der Waals surface area contributed by atoms with Gasteiger partial charge in [-0.1, -0.05) is 37.3 Å². The summed E-state index contributed by atoms with van der Waals surface area (Å²) >= 11 is 4.97. The van der Waals surface area contributed by atoms with Gasteiger partial charge in [0.05, 0.1) is 33.0 Å². The Kier molecular flexibility index (Phi) is 25.9. The lowest BCUT2D eigenvalue weighted by Crippen LogP contribution is -2.14. The molecule has 0 fully saturated rings. The molecule has 0 amide bonds. The molecule has 0 aromatic heterocycles. The standard InChI is InChI=1S/C8H7ClO2.C7H14O4.C6H13NO4/c9-8(10)11-6-7-4-2-1-3-5-7;1-2-3-10-4-5-11-6-7(8)9;7-1-2-10-3-4-11-5-6(8)9/h1-5H,6H2;2-6H2,1H3,(H,8,9);1-5,7H2,(H,8,9). The maximum Gasteiger partial charge on any atom is 0.404 e. The van der Waals surface area contributed by atoms with Gasteiger partial charge in [0, 0.05) is 24.8 Å². The second-order valence-corrected chi connectivity index (χ2v) is 6.23. The van der Waals surface area contributed by atoms with Crippen LogP contribution in [0.1, 0.15) is 18.9 Å². The molecule has 0 radical (unpaired) electrons. The Morgan fingerprint density at radius 1 is 0.818 bits per heavy atom. The van der Waals surface area contributed by atoms with Gasteiger partial charge in [0.15, 0.2) is 0 Å². The van der Waals surface area contributed by atoms with Crippen LogP contribution < -0.4 is 5.73 Å². The summed E-state index contributed by atoms with van der Waals surface area (Å²) in [5, 5.41) is 16.3. The highest BCUT2D eigenvalue weighted by Crippen LogP contribution is 2.01. The smallest absolute Gasteiger partial charge is 0.404 e. The van der Waals surface area contributed by atoms with Crippen LogP contribution in [0.15, 0.2) is 30.3 Å². The minimum atomic E-state index is -0.969. The highest BCUT2D eigenvalue weighted by atomic mass is 35.5. The van der Waals surface area contributed by atoms with Crippen LogP contribution in [0.5, 0.6) is 0 Å². The number of halogens is 1. The third-order valence-electron chi connectivity index (χ3n) is 3.00. The minimum absolute atomic E-state index is 0.239. The van der Waals surface area contributed by atoms with Crippen LogP contribution in [0.3, 0.4) is 0 Å². The van der Waals surface area contributed by atoms with Crippen molar-refractivity contribution in [3.63, 3.8) is 0 Å². The van der Waals surface area contributed by atoms with Crippen molar-refractivity contribution in [1.29, 1.82) is 0 Å². The van der Waals surface area contributed by atoms with Crippen LogP contribution in [0.25, 0.3) is 0 Å². The quantitative estimate of drug-likeness (QED) is 0.227. The molecule has 1 rings (SSSR count). The van der Waals surface area contributed by atoms with Crippen LogP contribution in [0.4, 0.5) is 4.79 Å². The number of hydrogen-bond donors (Lipinski definition) is 3. The van der Waals surface area contributed by atoms with E-state index >= 15 is 0 Å². The summed E-state index contributed by atoms with van der Waals surface area (Å²) in [7, 11) is 0. The molecule has 0 unspecified atom stereocenters. The number of nitrogens with two attached hydrogens (primary N) is 1. The van der Waals surface area contributed by atoms with Gasteiger partial charge in [-0.15, -0.1) is 0 Å². The Hall–Kier alpha value is -2.28. The third-order valence-corrected chi connectivity index (χ3v) is 3.11. The number of rotatable bonds is 16. The molecule has 0 saturated heterocycles. The van der Waals surface area contributed by atoms with Crippen molar-refractivity contribution in [2.75, 3.05) is 59.4 Å². The largest absolute Gasteiger partial charge is 0.480 e. The van der Waals surface area contributed by atoms with Crippen molar-refractivity contribution in [1.82, 2.24) is 0 Å². The molecule has 11 nitrogen and oxygen atoms in total. The molecule has 0 spiro atoms. The molecule has 190 valence electrons. The summed E-state index contributed by atoms with van der Waals surface area (Å²) in [6, 6.07) is 9.36. The lowest BCUT2D eigenvalue weighted by Gasteiger charge is -2.01. The van der Waals surface area contributed by atoms with Crippen molar-refractivity contribution in [2.45, 2.75) is 20.0 Å². The molecule has 1 aromatic carbocycles. The topological polar surface area (TPSA) is 164 Å². The Morgan fingerprint density at radius 3 is 1.73 bits per heavy atom. The van der Waals surface area contributed by atoms with Gasteiger partial charge in [-0.2, -0.15) is 0 Å². The summed E-state index contributed by atoms with van der Waals surface area (Å²) in [6.07, 6.45) is 0.971. The molecule has 33 heavy (non-hydrogen) atoms. The van der Waals surface area contributed by atoms with Gasteiger partial charge in [0.25, 0.3) is 0 Å². The number of carboxylic acids is 2. The van der Waals surface area contributed by atoms with E-state index in [1.807, 2.05) is 37.3 Å². The summed E-state index contributed by atoms with van der Waals surface area (Å²) in [5.74, 6) is -1.91. The molecule has 0 atom stereocenters. The van der Waals surface area contributed by atoms with E-state index in [0.717, 1.165) is 12.0 Å². The molecule has 12 heteroatoms. The third kappa shape index (κ3) is 32.0.